The molecular weight excluding hydrogens is 300 g/mol. The maximum atomic E-state index is 11.1. The van der Waals surface area contributed by atoms with Gasteiger partial charge in [-0.15, -0.1) is 0 Å². The largest absolute Gasteiger partial charge is 0.478 e. The van der Waals surface area contributed by atoms with Crippen LogP contribution < -0.4 is 5.43 Å². The van der Waals surface area contributed by atoms with Gasteiger partial charge in [-0.2, -0.15) is 5.10 Å². The molecule has 0 radical (unpaired) electrons. The van der Waals surface area contributed by atoms with Crippen molar-refractivity contribution in [3.05, 3.63) is 28.8 Å². The molecule has 0 aromatic heterocycles. The molecule has 1 aromatic carbocycles. The quantitative estimate of drug-likeness (QED) is 0.766. The Morgan fingerprint density at radius 1 is 1.32 bits per heavy atom. The van der Waals surface area contributed by atoms with Gasteiger partial charge in [0.1, 0.15) is 0 Å². The summed E-state index contributed by atoms with van der Waals surface area (Å²) in [4.78, 5) is 11.1. The van der Waals surface area contributed by atoms with E-state index in [1.165, 1.54) is 6.07 Å². The zero-order valence-corrected chi connectivity index (χ0v) is 14.1. The lowest BCUT2D eigenvalue weighted by Gasteiger charge is -2.34. The Kier molecular flexibility index (Phi) is 5.12. The molecule has 2 N–H and O–H groups in total. The lowest BCUT2D eigenvalue weighted by molar-refractivity contribution is 0.0697. The molecule has 0 saturated heterocycles. The summed E-state index contributed by atoms with van der Waals surface area (Å²) in [5.74, 6) is -0.299. The van der Waals surface area contributed by atoms with Crippen LogP contribution >= 0.6 is 11.6 Å². The van der Waals surface area contributed by atoms with Crippen LogP contribution in [0.25, 0.3) is 0 Å². The van der Waals surface area contributed by atoms with Gasteiger partial charge in [0, 0.05) is 5.71 Å². The molecule has 1 saturated carbocycles. The highest BCUT2D eigenvalue weighted by Gasteiger charge is 2.27. The van der Waals surface area contributed by atoms with E-state index in [1.807, 2.05) is 0 Å². The number of rotatable bonds is 3. The van der Waals surface area contributed by atoms with Gasteiger partial charge in [-0.25, -0.2) is 4.79 Å². The molecule has 0 spiro atoms. The molecule has 0 aliphatic heterocycles. The summed E-state index contributed by atoms with van der Waals surface area (Å²) >= 11 is 5.85. The SMILES string of the molecule is CC(C)(C)C1CCC(=NNc2ccc(Cl)c(C(=O)O)c2)CC1. The first-order valence-electron chi connectivity index (χ1n) is 7.61. The van der Waals surface area contributed by atoms with Crippen molar-refractivity contribution in [2.75, 3.05) is 5.43 Å². The normalized spacial score (nSPS) is 18.9. The molecule has 1 aliphatic carbocycles. The van der Waals surface area contributed by atoms with Gasteiger partial charge in [0.2, 0.25) is 0 Å². The first-order valence-corrected chi connectivity index (χ1v) is 7.99. The molecule has 5 heteroatoms. The molecular formula is C17H23ClN2O2. The van der Waals surface area contributed by atoms with Crippen molar-refractivity contribution in [3.63, 3.8) is 0 Å². The van der Waals surface area contributed by atoms with Crippen molar-refractivity contribution in [2.45, 2.75) is 46.5 Å². The maximum Gasteiger partial charge on any atom is 0.337 e. The molecule has 2 rings (SSSR count). The highest BCUT2D eigenvalue weighted by Crippen LogP contribution is 2.36. The van der Waals surface area contributed by atoms with E-state index in [0.717, 1.165) is 37.3 Å². The van der Waals surface area contributed by atoms with Crippen LogP contribution in [0.2, 0.25) is 5.02 Å². The van der Waals surface area contributed by atoms with Crippen LogP contribution in [-0.2, 0) is 0 Å². The lowest BCUT2D eigenvalue weighted by atomic mass is 9.72. The van der Waals surface area contributed by atoms with Gasteiger partial charge in [0.05, 0.1) is 16.3 Å². The van der Waals surface area contributed by atoms with E-state index in [2.05, 4.69) is 31.3 Å². The van der Waals surface area contributed by atoms with Crippen molar-refractivity contribution < 1.29 is 9.90 Å². The van der Waals surface area contributed by atoms with Crippen LogP contribution in [0.15, 0.2) is 23.3 Å². The Labute approximate surface area is 136 Å². The number of carboxylic acid groups (broad SMARTS) is 1. The van der Waals surface area contributed by atoms with Crippen LogP contribution in [0.4, 0.5) is 5.69 Å². The molecule has 0 unspecified atom stereocenters. The number of nitrogens with zero attached hydrogens (tertiary/aromatic N) is 1. The van der Waals surface area contributed by atoms with Gasteiger partial charge in [0.25, 0.3) is 0 Å². The third-order valence-electron chi connectivity index (χ3n) is 4.33. The number of aromatic carboxylic acids is 1. The summed E-state index contributed by atoms with van der Waals surface area (Å²) in [6.45, 7) is 6.87. The number of hydrogen-bond acceptors (Lipinski definition) is 3. The van der Waals surface area contributed by atoms with Gasteiger partial charge in [0.15, 0.2) is 0 Å². The molecule has 0 heterocycles. The number of halogens is 1. The fourth-order valence-electron chi connectivity index (χ4n) is 2.83. The summed E-state index contributed by atoms with van der Waals surface area (Å²) in [5, 5.41) is 13.7. The van der Waals surface area contributed by atoms with Gasteiger partial charge < -0.3 is 5.11 Å². The smallest absolute Gasteiger partial charge is 0.337 e. The fourth-order valence-corrected chi connectivity index (χ4v) is 3.03. The molecule has 22 heavy (non-hydrogen) atoms. The molecule has 0 atom stereocenters. The predicted molar refractivity (Wildman–Crippen MR) is 90.9 cm³/mol. The number of hydrogen-bond donors (Lipinski definition) is 2. The van der Waals surface area contributed by atoms with E-state index < -0.39 is 5.97 Å². The number of anilines is 1. The monoisotopic (exact) mass is 322 g/mol. The first kappa shape index (κ1) is 16.8. The average molecular weight is 323 g/mol. The Morgan fingerprint density at radius 2 is 1.95 bits per heavy atom. The summed E-state index contributed by atoms with van der Waals surface area (Å²) in [7, 11) is 0. The molecule has 120 valence electrons. The minimum absolute atomic E-state index is 0.0864. The highest BCUT2D eigenvalue weighted by atomic mass is 35.5. The number of nitrogens with one attached hydrogen (secondary N) is 1. The highest BCUT2D eigenvalue weighted by molar-refractivity contribution is 6.33. The first-order chi connectivity index (χ1) is 10.3. The van der Waals surface area contributed by atoms with E-state index in [1.54, 1.807) is 12.1 Å². The number of carbonyl (C=O) groups is 1. The standard InChI is InChI=1S/C17H23ClN2O2/c1-17(2,3)11-4-6-12(7-5-11)19-20-13-8-9-15(18)14(10-13)16(21)22/h8-11,20H,4-7H2,1-3H3,(H,21,22). The van der Waals surface area contributed by atoms with E-state index in [4.69, 9.17) is 16.7 Å². The van der Waals surface area contributed by atoms with Gasteiger partial charge in [-0.1, -0.05) is 32.4 Å². The van der Waals surface area contributed by atoms with Crippen LogP contribution in [0, 0.1) is 11.3 Å². The minimum Gasteiger partial charge on any atom is -0.478 e. The number of benzene rings is 1. The van der Waals surface area contributed by atoms with Crippen molar-refractivity contribution in [3.8, 4) is 0 Å². The van der Waals surface area contributed by atoms with Crippen LogP contribution in [0.5, 0.6) is 0 Å². The summed E-state index contributed by atoms with van der Waals surface area (Å²) in [6, 6.07) is 4.82. The van der Waals surface area contributed by atoms with Gasteiger partial charge in [-0.3, -0.25) is 5.43 Å². The minimum atomic E-state index is -1.04. The zero-order chi connectivity index (χ0) is 16.3. The second-order valence-electron chi connectivity index (χ2n) is 6.93. The van der Waals surface area contributed by atoms with Gasteiger partial charge >= 0.3 is 5.97 Å². The number of hydrazone groups is 1. The molecule has 4 nitrogen and oxygen atoms in total. The summed E-state index contributed by atoms with van der Waals surface area (Å²) in [6.07, 6.45) is 4.30. The molecule has 0 bridgehead atoms. The van der Waals surface area contributed by atoms with Crippen molar-refractivity contribution in [1.29, 1.82) is 0 Å². The van der Waals surface area contributed by atoms with E-state index in [0.29, 0.717) is 11.1 Å². The van der Waals surface area contributed by atoms with Gasteiger partial charge in [-0.05, 0) is 55.2 Å². The third kappa shape index (κ3) is 4.23. The Morgan fingerprint density at radius 3 is 2.50 bits per heavy atom. The second-order valence-corrected chi connectivity index (χ2v) is 7.34. The molecule has 1 aliphatic rings. The van der Waals surface area contributed by atoms with Crippen LogP contribution in [0.1, 0.15) is 56.8 Å². The topological polar surface area (TPSA) is 61.7 Å². The van der Waals surface area contributed by atoms with Crippen molar-refractivity contribution >= 4 is 29.0 Å². The van der Waals surface area contributed by atoms with E-state index in [-0.39, 0.29) is 10.6 Å². The Hall–Kier alpha value is -1.55. The zero-order valence-electron chi connectivity index (χ0n) is 13.3. The van der Waals surface area contributed by atoms with E-state index in [9.17, 15) is 4.79 Å². The Bertz CT molecular complexity index is 581. The molecule has 0 amide bonds. The molecule has 1 aromatic rings. The van der Waals surface area contributed by atoms with Crippen LogP contribution in [-0.4, -0.2) is 16.8 Å². The Balaban J connectivity index is 1.99. The van der Waals surface area contributed by atoms with Crippen molar-refractivity contribution in [1.82, 2.24) is 0 Å². The number of carboxylic acids is 1. The predicted octanol–water partition coefficient (Wildman–Crippen LogP) is 5.04. The lowest BCUT2D eigenvalue weighted by Crippen LogP contribution is -2.26. The van der Waals surface area contributed by atoms with Crippen molar-refractivity contribution in [2.24, 2.45) is 16.4 Å². The molecule has 1 fully saturated rings. The summed E-state index contributed by atoms with van der Waals surface area (Å²) < 4.78 is 0. The average Bonchev–Trinajstić information content (AvgIpc) is 2.45. The van der Waals surface area contributed by atoms with Crippen LogP contribution in [0.3, 0.4) is 0 Å². The summed E-state index contributed by atoms with van der Waals surface area (Å²) in [5.41, 5.74) is 5.19. The second kappa shape index (κ2) is 6.69. The maximum absolute atomic E-state index is 11.1. The third-order valence-corrected chi connectivity index (χ3v) is 4.66. The fraction of sp³-hybridized carbons (Fsp3) is 0.529. The van der Waals surface area contributed by atoms with E-state index >= 15 is 0 Å².